The summed E-state index contributed by atoms with van der Waals surface area (Å²) in [5, 5.41) is 0.152. The van der Waals surface area contributed by atoms with Gasteiger partial charge in [-0.05, 0) is 12.1 Å². The van der Waals surface area contributed by atoms with E-state index in [9.17, 15) is 0 Å². The van der Waals surface area contributed by atoms with Gasteiger partial charge in [-0.1, -0.05) is 30.0 Å². The van der Waals surface area contributed by atoms with Crippen LogP contribution in [0, 0.1) is 0 Å². The zero-order valence-electron chi connectivity index (χ0n) is 6.15. The molecule has 0 aliphatic carbocycles. The Hall–Kier alpha value is -0.650. The number of thiocarbonyl (C=S) groups is 1. The van der Waals surface area contributed by atoms with Crippen molar-refractivity contribution in [2.75, 3.05) is 0 Å². The first-order valence-corrected chi connectivity index (χ1v) is 4.78. The van der Waals surface area contributed by atoms with Gasteiger partial charge in [0.25, 0.3) is 0 Å². The number of hydrazine groups is 1. The Bertz CT molecular complexity index is 288. The maximum Gasteiger partial charge on any atom is 0.150 e. The van der Waals surface area contributed by atoms with Crippen LogP contribution in [0.3, 0.4) is 0 Å². The van der Waals surface area contributed by atoms with Crippen LogP contribution in [0.5, 0.6) is 0 Å². The van der Waals surface area contributed by atoms with Crippen molar-refractivity contribution in [2.45, 2.75) is 5.37 Å². The minimum atomic E-state index is 0.152. The molecule has 3 nitrogen and oxygen atoms in total. The normalized spacial score (nSPS) is 22.3. The van der Waals surface area contributed by atoms with E-state index in [1.54, 1.807) is 18.0 Å². The second kappa shape index (κ2) is 3.38. The summed E-state index contributed by atoms with van der Waals surface area (Å²) in [6, 6.07) is 5.83. The average molecular weight is 197 g/mol. The van der Waals surface area contributed by atoms with Gasteiger partial charge in [-0.3, -0.25) is 4.98 Å². The highest BCUT2D eigenvalue weighted by Gasteiger charge is 2.21. The van der Waals surface area contributed by atoms with E-state index < -0.39 is 0 Å². The molecule has 1 atom stereocenters. The van der Waals surface area contributed by atoms with Gasteiger partial charge in [-0.2, -0.15) is 0 Å². The summed E-state index contributed by atoms with van der Waals surface area (Å²) >= 11 is 6.52. The summed E-state index contributed by atoms with van der Waals surface area (Å²) in [6.07, 6.45) is 1.78. The maximum atomic E-state index is 4.96. The van der Waals surface area contributed by atoms with Crippen molar-refractivity contribution in [3.63, 3.8) is 0 Å². The van der Waals surface area contributed by atoms with E-state index in [-0.39, 0.29) is 5.37 Å². The molecule has 0 amide bonds. The van der Waals surface area contributed by atoms with Gasteiger partial charge in [-0.25, -0.2) is 5.43 Å². The number of hydrogen-bond acceptors (Lipinski definition) is 4. The molecule has 2 N–H and O–H groups in total. The summed E-state index contributed by atoms with van der Waals surface area (Å²) in [6.45, 7) is 0. The lowest BCUT2D eigenvalue weighted by Gasteiger charge is -2.04. The number of rotatable bonds is 1. The molecule has 62 valence electrons. The van der Waals surface area contributed by atoms with Crippen LogP contribution in [0.25, 0.3) is 0 Å². The molecule has 12 heavy (non-hydrogen) atoms. The molecule has 1 fully saturated rings. The Morgan fingerprint density at radius 2 is 2.42 bits per heavy atom. The van der Waals surface area contributed by atoms with E-state index in [1.807, 2.05) is 18.2 Å². The van der Waals surface area contributed by atoms with E-state index in [4.69, 9.17) is 12.2 Å². The van der Waals surface area contributed by atoms with Crippen LogP contribution in [0.1, 0.15) is 11.1 Å². The number of nitrogens with zero attached hydrogens (tertiary/aromatic N) is 1. The largest absolute Gasteiger partial charge is 0.305 e. The van der Waals surface area contributed by atoms with Crippen LogP contribution in [-0.4, -0.2) is 9.30 Å². The Labute approximate surface area is 79.9 Å². The molecule has 0 unspecified atom stereocenters. The Morgan fingerprint density at radius 1 is 1.50 bits per heavy atom. The highest BCUT2D eigenvalue weighted by atomic mass is 32.2. The van der Waals surface area contributed by atoms with Crippen molar-refractivity contribution < 1.29 is 0 Å². The van der Waals surface area contributed by atoms with Gasteiger partial charge in [0.15, 0.2) is 0 Å². The minimum Gasteiger partial charge on any atom is -0.305 e. The molecule has 0 saturated carbocycles. The highest BCUT2D eigenvalue weighted by Crippen LogP contribution is 2.27. The quantitative estimate of drug-likeness (QED) is 0.662. The second-order valence-electron chi connectivity index (χ2n) is 2.31. The third-order valence-electron chi connectivity index (χ3n) is 1.49. The first-order valence-electron chi connectivity index (χ1n) is 3.49. The number of pyridine rings is 1. The van der Waals surface area contributed by atoms with Crippen LogP contribution in [-0.2, 0) is 0 Å². The number of aromatic nitrogens is 1. The molecule has 1 aliphatic heterocycles. The van der Waals surface area contributed by atoms with Gasteiger partial charge in [0.05, 0.1) is 5.69 Å². The van der Waals surface area contributed by atoms with Crippen molar-refractivity contribution in [3.05, 3.63) is 30.1 Å². The van der Waals surface area contributed by atoms with Gasteiger partial charge < -0.3 is 5.43 Å². The minimum absolute atomic E-state index is 0.152. The van der Waals surface area contributed by atoms with Crippen molar-refractivity contribution in [1.29, 1.82) is 0 Å². The molecular weight excluding hydrogens is 190 g/mol. The van der Waals surface area contributed by atoms with Crippen LogP contribution in [0.4, 0.5) is 0 Å². The van der Waals surface area contributed by atoms with E-state index in [2.05, 4.69) is 15.8 Å². The lowest BCUT2D eigenvalue weighted by molar-refractivity contribution is 0.656. The zero-order valence-corrected chi connectivity index (χ0v) is 7.78. The van der Waals surface area contributed by atoms with Gasteiger partial charge in [0.2, 0.25) is 0 Å². The number of hydrogen-bond donors (Lipinski definition) is 2. The molecule has 0 spiro atoms. The molecule has 1 aliphatic rings. The van der Waals surface area contributed by atoms with Crippen LogP contribution in [0.2, 0.25) is 0 Å². The van der Waals surface area contributed by atoms with Crippen LogP contribution in [0.15, 0.2) is 24.4 Å². The lowest BCUT2D eigenvalue weighted by atomic mass is 10.3. The van der Waals surface area contributed by atoms with Crippen molar-refractivity contribution in [2.24, 2.45) is 0 Å². The molecule has 2 rings (SSSR count). The molecule has 5 heteroatoms. The van der Waals surface area contributed by atoms with E-state index in [1.165, 1.54) is 0 Å². The lowest BCUT2D eigenvalue weighted by Crippen LogP contribution is -2.26. The first-order chi connectivity index (χ1) is 5.86. The number of thioether (sulfide) groups is 1. The van der Waals surface area contributed by atoms with Crippen molar-refractivity contribution in [3.8, 4) is 0 Å². The van der Waals surface area contributed by atoms with E-state index >= 15 is 0 Å². The molecule has 0 aromatic carbocycles. The maximum absolute atomic E-state index is 4.96. The summed E-state index contributed by atoms with van der Waals surface area (Å²) in [5.74, 6) is 0. The van der Waals surface area contributed by atoms with Gasteiger partial charge >= 0.3 is 0 Å². The topological polar surface area (TPSA) is 37.0 Å². The van der Waals surface area contributed by atoms with E-state index in [0.29, 0.717) is 0 Å². The van der Waals surface area contributed by atoms with Crippen LogP contribution < -0.4 is 10.9 Å². The highest BCUT2D eigenvalue weighted by molar-refractivity contribution is 8.23. The molecular formula is C7H7N3S2. The molecule has 0 bridgehead atoms. The molecule has 0 radical (unpaired) electrons. The van der Waals surface area contributed by atoms with Gasteiger partial charge in [0, 0.05) is 6.20 Å². The third kappa shape index (κ3) is 1.57. The Balaban J connectivity index is 2.16. The smallest absolute Gasteiger partial charge is 0.150 e. The summed E-state index contributed by atoms with van der Waals surface area (Å²) in [7, 11) is 0. The fourth-order valence-corrected chi connectivity index (χ4v) is 2.01. The fourth-order valence-electron chi connectivity index (χ4n) is 0.956. The fraction of sp³-hybridized carbons (Fsp3) is 0.143. The Kier molecular flexibility index (Phi) is 2.25. The predicted molar refractivity (Wildman–Crippen MR) is 53.4 cm³/mol. The van der Waals surface area contributed by atoms with Crippen LogP contribution >= 0.6 is 24.0 Å². The molecule has 1 saturated heterocycles. The Morgan fingerprint density at radius 3 is 3.00 bits per heavy atom. The average Bonchev–Trinajstić information content (AvgIpc) is 2.54. The summed E-state index contributed by atoms with van der Waals surface area (Å²) < 4.78 is 0.769. The van der Waals surface area contributed by atoms with E-state index in [0.717, 1.165) is 10.0 Å². The molecule has 1 aromatic heterocycles. The van der Waals surface area contributed by atoms with Gasteiger partial charge in [0.1, 0.15) is 9.69 Å². The van der Waals surface area contributed by atoms with Gasteiger partial charge in [-0.15, -0.1) is 0 Å². The SMILES string of the molecule is S=C1NN[C@H](c2ccccn2)S1. The summed E-state index contributed by atoms with van der Waals surface area (Å²) in [5.41, 5.74) is 6.90. The summed E-state index contributed by atoms with van der Waals surface area (Å²) in [4.78, 5) is 4.21. The predicted octanol–water partition coefficient (Wildman–Crippen LogP) is 1.21. The third-order valence-corrected chi connectivity index (χ3v) is 2.79. The molecule has 1 aromatic rings. The first kappa shape index (κ1) is 7.97. The number of nitrogens with one attached hydrogen (secondary N) is 2. The zero-order chi connectivity index (χ0) is 8.39. The standard InChI is InChI=1S/C7H7N3S2/c11-7-10-9-6(12-7)5-3-1-2-4-8-5/h1-4,6,9H,(H,10,11)/t6-/m0/s1. The second-order valence-corrected chi connectivity index (χ2v) is 4.09. The molecule has 2 heterocycles. The monoisotopic (exact) mass is 197 g/mol. The van der Waals surface area contributed by atoms with Crippen molar-refractivity contribution >= 4 is 28.3 Å². The van der Waals surface area contributed by atoms with Crippen molar-refractivity contribution in [1.82, 2.24) is 15.8 Å².